The molecule has 0 aliphatic heterocycles. The van der Waals surface area contributed by atoms with E-state index in [2.05, 4.69) is 10.6 Å². The fourth-order valence-corrected chi connectivity index (χ4v) is 2.38. The van der Waals surface area contributed by atoms with Crippen molar-refractivity contribution < 1.29 is 23.6 Å². The van der Waals surface area contributed by atoms with E-state index in [1.807, 2.05) is 0 Å². The molecule has 142 valence electrons. The van der Waals surface area contributed by atoms with E-state index in [-0.39, 0.29) is 30.6 Å². The van der Waals surface area contributed by atoms with Gasteiger partial charge in [0.2, 0.25) is 17.7 Å². The summed E-state index contributed by atoms with van der Waals surface area (Å²) in [7, 11) is 0. The van der Waals surface area contributed by atoms with Crippen molar-refractivity contribution in [2.75, 3.05) is 0 Å². The molecule has 0 unspecified atom stereocenters. The first kappa shape index (κ1) is 21.3. The Morgan fingerprint density at radius 2 is 1.77 bits per heavy atom. The Kier molecular flexibility index (Phi) is 8.41. The summed E-state index contributed by atoms with van der Waals surface area (Å²) in [4.78, 5) is 46.8. The predicted octanol–water partition coefficient (Wildman–Crippen LogP) is 0.602. The summed E-state index contributed by atoms with van der Waals surface area (Å²) < 4.78 is 13.8. The van der Waals surface area contributed by atoms with Crippen LogP contribution < -0.4 is 16.4 Å². The van der Waals surface area contributed by atoms with Crippen LogP contribution in [0.5, 0.6) is 0 Å². The van der Waals surface area contributed by atoms with Crippen molar-refractivity contribution in [3.63, 3.8) is 0 Å². The lowest BCUT2D eigenvalue weighted by molar-refractivity contribution is -0.131. The Balaban J connectivity index is 2.86. The number of primary amides is 1. The van der Waals surface area contributed by atoms with Crippen LogP contribution in [0.15, 0.2) is 24.3 Å². The SMILES string of the molecule is CCC(=O)CC[C@H](NC(=O)[C@@H](Cc1ccccc1F)NC(C)=O)C(N)=O. The van der Waals surface area contributed by atoms with Gasteiger partial charge < -0.3 is 16.4 Å². The smallest absolute Gasteiger partial charge is 0.243 e. The van der Waals surface area contributed by atoms with E-state index >= 15 is 0 Å². The van der Waals surface area contributed by atoms with Gasteiger partial charge in [0.05, 0.1) is 0 Å². The number of halogens is 1. The molecule has 0 heterocycles. The number of carbonyl (C=O) groups is 4. The summed E-state index contributed by atoms with van der Waals surface area (Å²) in [5.41, 5.74) is 5.53. The van der Waals surface area contributed by atoms with Crippen LogP contribution in [0, 0.1) is 5.82 Å². The second-order valence-corrected chi connectivity index (χ2v) is 5.94. The number of Topliss-reactive ketones (excluding diaryl/α,β-unsaturated/α-hetero) is 1. The maximum atomic E-state index is 13.8. The van der Waals surface area contributed by atoms with Gasteiger partial charge >= 0.3 is 0 Å². The maximum Gasteiger partial charge on any atom is 0.243 e. The molecular formula is C18H24FN3O4. The van der Waals surface area contributed by atoms with Gasteiger partial charge in [0.1, 0.15) is 23.7 Å². The lowest BCUT2D eigenvalue weighted by Gasteiger charge is -2.21. The molecule has 0 radical (unpaired) electrons. The van der Waals surface area contributed by atoms with E-state index < -0.39 is 35.6 Å². The normalized spacial score (nSPS) is 12.7. The molecule has 1 aromatic carbocycles. The molecular weight excluding hydrogens is 341 g/mol. The highest BCUT2D eigenvalue weighted by molar-refractivity contribution is 5.91. The van der Waals surface area contributed by atoms with E-state index in [1.165, 1.54) is 25.1 Å². The highest BCUT2D eigenvalue weighted by Crippen LogP contribution is 2.10. The fraction of sp³-hybridized carbons (Fsp3) is 0.444. The maximum absolute atomic E-state index is 13.8. The van der Waals surface area contributed by atoms with Gasteiger partial charge in [-0.15, -0.1) is 0 Å². The van der Waals surface area contributed by atoms with Crippen molar-refractivity contribution in [1.29, 1.82) is 0 Å². The number of nitrogens with one attached hydrogen (secondary N) is 2. The molecule has 0 aliphatic carbocycles. The molecule has 26 heavy (non-hydrogen) atoms. The third-order valence-corrected chi connectivity index (χ3v) is 3.84. The standard InChI is InChI=1S/C18H24FN3O4/c1-3-13(24)8-9-15(17(20)25)22-18(26)16(21-11(2)23)10-12-6-4-5-7-14(12)19/h4-7,15-16H,3,8-10H2,1-2H3,(H2,20,25)(H,21,23)(H,22,26)/t15-,16+/m0/s1. The molecule has 1 aromatic rings. The van der Waals surface area contributed by atoms with Crippen molar-refractivity contribution in [3.8, 4) is 0 Å². The number of nitrogens with two attached hydrogens (primary N) is 1. The summed E-state index contributed by atoms with van der Waals surface area (Å²) in [6.07, 6.45) is 0.404. The topological polar surface area (TPSA) is 118 Å². The van der Waals surface area contributed by atoms with Crippen LogP contribution in [0.2, 0.25) is 0 Å². The third-order valence-electron chi connectivity index (χ3n) is 3.84. The van der Waals surface area contributed by atoms with Crippen LogP contribution in [0.25, 0.3) is 0 Å². The number of hydrogen-bond acceptors (Lipinski definition) is 4. The molecule has 2 atom stereocenters. The molecule has 0 spiro atoms. The highest BCUT2D eigenvalue weighted by atomic mass is 19.1. The number of carbonyl (C=O) groups excluding carboxylic acids is 4. The summed E-state index contributed by atoms with van der Waals surface area (Å²) in [6.45, 7) is 2.93. The van der Waals surface area contributed by atoms with Crippen molar-refractivity contribution in [3.05, 3.63) is 35.6 Å². The van der Waals surface area contributed by atoms with Gasteiger partial charge in [-0.2, -0.15) is 0 Å². The van der Waals surface area contributed by atoms with Crippen LogP contribution >= 0.6 is 0 Å². The average Bonchev–Trinajstić information content (AvgIpc) is 2.58. The first-order valence-electron chi connectivity index (χ1n) is 8.36. The lowest BCUT2D eigenvalue weighted by Crippen LogP contribution is -2.53. The van der Waals surface area contributed by atoms with Gasteiger partial charge in [0.15, 0.2) is 0 Å². The minimum absolute atomic E-state index is 0.0599. The Bertz CT molecular complexity index is 678. The van der Waals surface area contributed by atoms with Crippen LogP contribution in [0.3, 0.4) is 0 Å². The lowest BCUT2D eigenvalue weighted by atomic mass is 10.0. The van der Waals surface area contributed by atoms with Gasteiger partial charge in [-0.25, -0.2) is 4.39 Å². The molecule has 0 saturated heterocycles. The van der Waals surface area contributed by atoms with E-state index in [0.29, 0.717) is 6.42 Å². The number of ketones is 1. The first-order chi connectivity index (χ1) is 12.2. The van der Waals surface area contributed by atoms with Crippen LogP contribution in [0.1, 0.15) is 38.7 Å². The summed E-state index contributed by atoms with van der Waals surface area (Å²) in [6, 6.07) is 3.76. The van der Waals surface area contributed by atoms with Crippen molar-refractivity contribution in [2.45, 2.75) is 51.6 Å². The zero-order chi connectivity index (χ0) is 19.7. The quantitative estimate of drug-likeness (QED) is 0.563. The molecule has 0 fully saturated rings. The number of hydrogen-bond donors (Lipinski definition) is 3. The molecule has 1 rings (SSSR count). The number of benzene rings is 1. The van der Waals surface area contributed by atoms with Crippen molar-refractivity contribution >= 4 is 23.5 Å². The van der Waals surface area contributed by atoms with Gasteiger partial charge in [0, 0.05) is 26.2 Å². The first-order valence-corrected chi connectivity index (χ1v) is 8.36. The molecule has 0 aliphatic rings. The minimum Gasteiger partial charge on any atom is -0.368 e. The average molecular weight is 365 g/mol. The van der Waals surface area contributed by atoms with E-state index in [4.69, 9.17) is 5.73 Å². The van der Waals surface area contributed by atoms with E-state index in [1.54, 1.807) is 13.0 Å². The Hall–Kier alpha value is -2.77. The predicted molar refractivity (Wildman–Crippen MR) is 93.4 cm³/mol. The molecule has 0 saturated carbocycles. The van der Waals surface area contributed by atoms with E-state index in [9.17, 15) is 23.6 Å². The van der Waals surface area contributed by atoms with Crippen molar-refractivity contribution in [2.24, 2.45) is 5.73 Å². The van der Waals surface area contributed by atoms with Crippen LogP contribution in [-0.4, -0.2) is 35.6 Å². The summed E-state index contributed by atoms with van der Waals surface area (Å²) in [5, 5.41) is 4.88. The second-order valence-electron chi connectivity index (χ2n) is 5.94. The van der Waals surface area contributed by atoms with Gasteiger partial charge in [-0.05, 0) is 18.1 Å². The molecule has 0 bridgehead atoms. The molecule has 0 aromatic heterocycles. The van der Waals surface area contributed by atoms with E-state index in [0.717, 1.165) is 0 Å². The summed E-state index contributed by atoms with van der Waals surface area (Å²) >= 11 is 0. The van der Waals surface area contributed by atoms with Gasteiger partial charge in [-0.3, -0.25) is 19.2 Å². The number of rotatable bonds is 10. The molecule has 8 heteroatoms. The molecule has 4 N–H and O–H groups in total. The third kappa shape index (κ3) is 7.00. The minimum atomic E-state index is -1.08. The molecule has 3 amide bonds. The fourth-order valence-electron chi connectivity index (χ4n) is 2.38. The summed E-state index contributed by atoms with van der Waals surface area (Å²) in [5.74, 6) is -2.49. The van der Waals surface area contributed by atoms with Gasteiger partial charge in [-0.1, -0.05) is 25.1 Å². The van der Waals surface area contributed by atoms with Crippen LogP contribution in [0.4, 0.5) is 4.39 Å². The zero-order valence-electron chi connectivity index (χ0n) is 14.9. The largest absolute Gasteiger partial charge is 0.368 e. The second kappa shape index (κ2) is 10.3. The number of amides is 3. The van der Waals surface area contributed by atoms with Gasteiger partial charge in [0.25, 0.3) is 0 Å². The zero-order valence-corrected chi connectivity index (χ0v) is 14.9. The monoisotopic (exact) mass is 365 g/mol. The van der Waals surface area contributed by atoms with Crippen LogP contribution in [-0.2, 0) is 25.6 Å². The van der Waals surface area contributed by atoms with Crippen molar-refractivity contribution in [1.82, 2.24) is 10.6 Å². The Morgan fingerprint density at radius 3 is 2.31 bits per heavy atom. The molecule has 7 nitrogen and oxygen atoms in total. The Morgan fingerprint density at radius 1 is 1.12 bits per heavy atom. The highest BCUT2D eigenvalue weighted by Gasteiger charge is 2.26. The Labute approximate surface area is 151 Å².